The molecule has 18 heavy (non-hydrogen) atoms. The van der Waals surface area contributed by atoms with E-state index in [0.29, 0.717) is 5.56 Å². The first-order valence-electron chi connectivity index (χ1n) is 5.63. The quantitative estimate of drug-likeness (QED) is 0.909. The summed E-state index contributed by atoms with van der Waals surface area (Å²) >= 11 is 0. The van der Waals surface area contributed by atoms with Crippen LogP contribution in [-0.4, -0.2) is 11.2 Å². The lowest BCUT2D eigenvalue weighted by atomic mass is 9.98. The zero-order valence-corrected chi connectivity index (χ0v) is 9.61. The molecule has 0 aliphatic carbocycles. The third-order valence-corrected chi connectivity index (χ3v) is 2.82. The molecule has 2 nitrogen and oxygen atoms in total. The molecule has 5 heteroatoms. The Morgan fingerprint density at radius 3 is 2.67 bits per heavy atom. The summed E-state index contributed by atoms with van der Waals surface area (Å²) in [5.74, 6) is 0. The van der Waals surface area contributed by atoms with Gasteiger partial charge in [0.05, 0.1) is 5.52 Å². The first-order valence-corrected chi connectivity index (χ1v) is 5.63. The number of pyridine rings is 1. The molecular weight excluding hydrogens is 241 g/mol. The summed E-state index contributed by atoms with van der Waals surface area (Å²) in [6.07, 6.45) is -3.50. The summed E-state index contributed by atoms with van der Waals surface area (Å²) in [5.41, 5.74) is 7.30. The summed E-state index contributed by atoms with van der Waals surface area (Å²) in [4.78, 5) is 4.16. The van der Waals surface area contributed by atoms with Gasteiger partial charge in [-0.1, -0.05) is 18.2 Å². The van der Waals surface area contributed by atoms with Crippen molar-refractivity contribution >= 4 is 10.9 Å². The van der Waals surface area contributed by atoms with E-state index in [2.05, 4.69) is 4.98 Å². The number of alkyl halides is 3. The minimum atomic E-state index is -4.17. The molecule has 1 aromatic carbocycles. The Hall–Kier alpha value is -1.62. The first-order chi connectivity index (χ1) is 8.47. The van der Waals surface area contributed by atoms with Crippen LogP contribution in [0.3, 0.4) is 0 Å². The standard InChI is InChI=1S/C13H13F3N2/c14-13(15,16)7-6-11(17)9-3-1-5-12-10(9)4-2-8-18-12/h1-5,8,11H,6-7,17H2. The maximum atomic E-state index is 12.2. The maximum Gasteiger partial charge on any atom is 0.389 e. The van der Waals surface area contributed by atoms with E-state index in [1.54, 1.807) is 24.4 Å². The van der Waals surface area contributed by atoms with E-state index < -0.39 is 18.6 Å². The molecule has 96 valence electrons. The second-order valence-corrected chi connectivity index (χ2v) is 4.18. The molecule has 0 radical (unpaired) electrons. The highest BCUT2D eigenvalue weighted by atomic mass is 19.4. The van der Waals surface area contributed by atoms with Crippen LogP contribution >= 0.6 is 0 Å². The summed E-state index contributed by atoms with van der Waals surface area (Å²) in [6, 6.07) is 8.28. The van der Waals surface area contributed by atoms with Crippen molar-refractivity contribution in [3.05, 3.63) is 42.1 Å². The van der Waals surface area contributed by atoms with Gasteiger partial charge in [0.1, 0.15) is 0 Å². The van der Waals surface area contributed by atoms with E-state index >= 15 is 0 Å². The average Bonchev–Trinajstić information content (AvgIpc) is 2.34. The molecule has 2 rings (SSSR count). The van der Waals surface area contributed by atoms with Gasteiger partial charge in [0.2, 0.25) is 0 Å². The number of halogens is 3. The lowest BCUT2D eigenvalue weighted by Crippen LogP contribution is -2.16. The molecule has 0 fully saturated rings. The van der Waals surface area contributed by atoms with Gasteiger partial charge in [-0.2, -0.15) is 13.2 Å². The molecule has 0 saturated carbocycles. The van der Waals surface area contributed by atoms with Crippen molar-refractivity contribution in [3.63, 3.8) is 0 Å². The number of rotatable bonds is 3. The summed E-state index contributed by atoms with van der Waals surface area (Å²) in [5, 5.41) is 0.815. The molecule has 1 aromatic heterocycles. The molecule has 1 unspecified atom stereocenters. The molecule has 1 atom stereocenters. The second kappa shape index (κ2) is 4.94. The number of aromatic nitrogens is 1. The number of benzene rings is 1. The van der Waals surface area contributed by atoms with E-state index in [4.69, 9.17) is 5.73 Å². The van der Waals surface area contributed by atoms with Crippen LogP contribution in [0.25, 0.3) is 10.9 Å². The van der Waals surface area contributed by atoms with Gasteiger partial charge in [-0.05, 0) is 24.1 Å². The largest absolute Gasteiger partial charge is 0.389 e. The Kier molecular flexibility index (Phi) is 3.52. The smallest absolute Gasteiger partial charge is 0.324 e. The van der Waals surface area contributed by atoms with Gasteiger partial charge < -0.3 is 5.73 Å². The van der Waals surface area contributed by atoms with Gasteiger partial charge in [-0.25, -0.2) is 0 Å². The number of fused-ring (bicyclic) bond motifs is 1. The van der Waals surface area contributed by atoms with E-state index in [1.807, 2.05) is 12.1 Å². The topological polar surface area (TPSA) is 38.9 Å². The third-order valence-electron chi connectivity index (χ3n) is 2.82. The molecule has 1 heterocycles. The van der Waals surface area contributed by atoms with E-state index in [1.165, 1.54) is 0 Å². The zero-order chi connectivity index (χ0) is 13.2. The molecule has 0 spiro atoms. The summed E-state index contributed by atoms with van der Waals surface area (Å²) < 4.78 is 36.5. The van der Waals surface area contributed by atoms with E-state index in [9.17, 15) is 13.2 Å². The highest BCUT2D eigenvalue weighted by Crippen LogP contribution is 2.29. The van der Waals surface area contributed by atoms with Gasteiger partial charge in [0.25, 0.3) is 0 Å². The Balaban J connectivity index is 2.25. The predicted molar refractivity (Wildman–Crippen MR) is 64.0 cm³/mol. The molecule has 0 aliphatic heterocycles. The number of nitrogens with two attached hydrogens (primary N) is 1. The van der Waals surface area contributed by atoms with Crippen molar-refractivity contribution in [1.29, 1.82) is 0 Å². The first kappa shape index (κ1) is 12.8. The van der Waals surface area contributed by atoms with Crippen LogP contribution in [0.1, 0.15) is 24.4 Å². The van der Waals surface area contributed by atoms with Crippen LogP contribution in [0.2, 0.25) is 0 Å². The van der Waals surface area contributed by atoms with Crippen molar-refractivity contribution in [2.45, 2.75) is 25.1 Å². The minimum absolute atomic E-state index is 0.114. The monoisotopic (exact) mass is 254 g/mol. The molecular formula is C13H13F3N2. The molecule has 0 bridgehead atoms. The third kappa shape index (κ3) is 2.98. The fourth-order valence-corrected chi connectivity index (χ4v) is 1.93. The van der Waals surface area contributed by atoms with Crippen LogP contribution in [0, 0.1) is 0 Å². The van der Waals surface area contributed by atoms with Crippen LogP contribution in [0.5, 0.6) is 0 Å². The zero-order valence-electron chi connectivity index (χ0n) is 9.61. The van der Waals surface area contributed by atoms with Crippen molar-refractivity contribution in [2.24, 2.45) is 5.73 Å². The molecule has 0 saturated heterocycles. The van der Waals surface area contributed by atoms with E-state index in [-0.39, 0.29) is 6.42 Å². The number of hydrogen-bond acceptors (Lipinski definition) is 2. The van der Waals surface area contributed by atoms with Crippen LogP contribution in [-0.2, 0) is 0 Å². The van der Waals surface area contributed by atoms with Gasteiger partial charge in [-0.3, -0.25) is 4.98 Å². The SMILES string of the molecule is NC(CCC(F)(F)F)c1cccc2ncccc12. The van der Waals surface area contributed by atoms with Gasteiger partial charge in [0, 0.05) is 24.0 Å². The lowest BCUT2D eigenvalue weighted by Gasteiger charge is -2.15. The molecule has 2 N–H and O–H groups in total. The highest BCUT2D eigenvalue weighted by molar-refractivity contribution is 5.82. The summed E-state index contributed by atoms with van der Waals surface area (Å²) in [6.45, 7) is 0. The van der Waals surface area contributed by atoms with Gasteiger partial charge >= 0.3 is 6.18 Å². The Morgan fingerprint density at radius 1 is 1.17 bits per heavy atom. The Labute approximate surface area is 103 Å². The summed E-state index contributed by atoms with van der Waals surface area (Å²) in [7, 11) is 0. The number of hydrogen-bond donors (Lipinski definition) is 1. The van der Waals surface area contributed by atoms with Crippen LogP contribution < -0.4 is 5.73 Å². The molecule has 0 amide bonds. The van der Waals surface area contributed by atoms with Crippen molar-refractivity contribution in [3.8, 4) is 0 Å². The number of nitrogens with zero attached hydrogens (tertiary/aromatic N) is 1. The van der Waals surface area contributed by atoms with Gasteiger partial charge in [-0.15, -0.1) is 0 Å². The maximum absolute atomic E-state index is 12.2. The highest BCUT2D eigenvalue weighted by Gasteiger charge is 2.28. The lowest BCUT2D eigenvalue weighted by molar-refractivity contribution is -0.136. The van der Waals surface area contributed by atoms with Crippen molar-refractivity contribution < 1.29 is 13.2 Å². The molecule has 2 aromatic rings. The minimum Gasteiger partial charge on any atom is -0.324 e. The van der Waals surface area contributed by atoms with Crippen molar-refractivity contribution in [1.82, 2.24) is 4.98 Å². The Morgan fingerprint density at radius 2 is 1.94 bits per heavy atom. The van der Waals surface area contributed by atoms with E-state index in [0.717, 1.165) is 10.9 Å². The fraction of sp³-hybridized carbons (Fsp3) is 0.308. The Bertz CT molecular complexity index is 532. The molecule has 0 aliphatic rings. The van der Waals surface area contributed by atoms with Crippen LogP contribution in [0.15, 0.2) is 36.5 Å². The average molecular weight is 254 g/mol. The van der Waals surface area contributed by atoms with Crippen LogP contribution in [0.4, 0.5) is 13.2 Å². The second-order valence-electron chi connectivity index (χ2n) is 4.18. The normalized spacial score (nSPS) is 13.8. The fourth-order valence-electron chi connectivity index (χ4n) is 1.93. The van der Waals surface area contributed by atoms with Crippen molar-refractivity contribution in [2.75, 3.05) is 0 Å². The van der Waals surface area contributed by atoms with Gasteiger partial charge in [0.15, 0.2) is 0 Å². The predicted octanol–water partition coefficient (Wildman–Crippen LogP) is 3.58.